The van der Waals surface area contributed by atoms with Gasteiger partial charge in [0.15, 0.2) is 0 Å². The van der Waals surface area contributed by atoms with Crippen LogP contribution in [0, 0.1) is 17.8 Å². The van der Waals surface area contributed by atoms with Crippen LogP contribution in [0.5, 0.6) is 0 Å². The Morgan fingerprint density at radius 3 is 2.30 bits per heavy atom. The molecule has 2 bridgehead atoms. The van der Waals surface area contributed by atoms with Gasteiger partial charge in [-0.2, -0.15) is 0 Å². The molecule has 0 unspecified atom stereocenters. The number of sulfonamides is 1. The molecule has 0 radical (unpaired) electrons. The minimum atomic E-state index is -3.10. The summed E-state index contributed by atoms with van der Waals surface area (Å²) in [5.41, 5.74) is 0. The van der Waals surface area contributed by atoms with Crippen LogP contribution in [0.15, 0.2) is 0 Å². The fraction of sp³-hybridized carbons (Fsp3) is 0.929. The molecule has 2 aliphatic carbocycles. The van der Waals surface area contributed by atoms with Crippen molar-refractivity contribution in [2.45, 2.75) is 44.6 Å². The third-order valence-corrected chi connectivity index (χ3v) is 6.66. The van der Waals surface area contributed by atoms with E-state index in [1.54, 1.807) is 0 Å². The molecular weight excluding hydrogens is 276 g/mol. The molecule has 1 amide bonds. The second-order valence-corrected chi connectivity index (χ2v) is 8.71. The van der Waals surface area contributed by atoms with Gasteiger partial charge in [0.2, 0.25) is 15.9 Å². The van der Waals surface area contributed by atoms with Crippen LogP contribution in [-0.4, -0.2) is 44.0 Å². The van der Waals surface area contributed by atoms with Crippen molar-refractivity contribution >= 4 is 15.9 Å². The molecule has 3 aliphatic rings. The zero-order chi connectivity index (χ0) is 14.3. The zero-order valence-corrected chi connectivity index (χ0v) is 12.9. The molecule has 5 nitrogen and oxygen atoms in total. The van der Waals surface area contributed by atoms with Crippen LogP contribution in [0.3, 0.4) is 0 Å². The van der Waals surface area contributed by atoms with E-state index in [4.69, 9.17) is 0 Å². The number of hydrogen-bond donors (Lipinski definition) is 1. The highest BCUT2D eigenvalue weighted by atomic mass is 32.2. The first-order valence-electron chi connectivity index (χ1n) is 7.69. The summed E-state index contributed by atoms with van der Waals surface area (Å²) in [7, 11) is -3.10. The van der Waals surface area contributed by atoms with Gasteiger partial charge in [0.05, 0.1) is 6.26 Å². The highest BCUT2D eigenvalue weighted by Gasteiger charge is 2.41. The van der Waals surface area contributed by atoms with E-state index in [-0.39, 0.29) is 11.8 Å². The van der Waals surface area contributed by atoms with Crippen molar-refractivity contribution in [2.75, 3.05) is 19.3 Å². The number of carbonyl (C=O) groups excluding carboxylic acids is 1. The molecule has 3 atom stereocenters. The Bertz CT molecular complexity index is 483. The number of carbonyl (C=O) groups is 1. The predicted octanol–water partition coefficient (Wildman–Crippen LogP) is 0.963. The van der Waals surface area contributed by atoms with Gasteiger partial charge >= 0.3 is 0 Å². The summed E-state index contributed by atoms with van der Waals surface area (Å²) < 4.78 is 24.4. The van der Waals surface area contributed by atoms with E-state index in [0.717, 1.165) is 12.3 Å². The number of rotatable bonds is 3. The Morgan fingerprint density at radius 2 is 1.80 bits per heavy atom. The van der Waals surface area contributed by atoms with Crippen molar-refractivity contribution in [1.82, 2.24) is 9.62 Å². The smallest absolute Gasteiger partial charge is 0.223 e. The van der Waals surface area contributed by atoms with Gasteiger partial charge in [-0.3, -0.25) is 4.79 Å². The van der Waals surface area contributed by atoms with E-state index >= 15 is 0 Å². The monoisotopic (exact) mass is 300 g/mol. The molecule has 1 N–H and O–H groups in total. The maximum Gasteiger partial charge on any atom is 0.223 e. The first kappa shape index (κ1) is 14.3. The Morgan fingerprint density at radius 1 is 1.10 bits per heavy atom. The predicted molar refractivity (Wildman–Crippen MR) is 76.5 cm³/mol. The van der Waals surface area contributed by atoms with E-state index in [1.165, 1.54) is 29.8 Å². The van der Waals surface area contributed by atoms with Gasteiger partial charge in [-0.05, 0) is 43.9 Å². The lowest BCUT2D eigenvalue weighted by molar-refractivity contribution is -0.127. The Labute approximate surface area is 121 Å². The van der Waals surface area contributed by atoms with Crippen LogP contribution in [-0.2, 0) is 14.8 Å². The number of fused-ring (bicyclic) bond motifs is 2. The lowest BCUT2D eigenvalue weighted by Crippen LogP contribution is -2.46. The second kappa shape index (κ2) is 5.30. The van der Waals surface area contributed by atoms with Crippen molar-refractivity contribution in [1.29, 1.82) is 0 Å². The molecule has 0 aromatic carbocycles. The largest absolute Gasteiger partial charge is 0.353 e. The van der Waals surface area contributed by atoms with Crippen molar-refractivity contribution in [2.24, 2.45) is 17.8 Å². The molecule has 3 fully saturated rings. The lowest BCUT2D eigenvalue weighted by atomic mass is 9.93. The minimum absolute atomic E-state index is 0.00729. The Balaban J connectivity index is 1.50. The van der Waals surface area contributed by atoms with Gasteiger partial charge in [-0.1, -0.05) is 6.42 Å². The summed E-state index contributed by atoms with van der Waals surface area (Å²) in [6.45, 7) is 0.960. The summed E-state index contributed by atoms with van der Waals surface area (Å²) in [6.07, 6.45) is 7.59. The molecule has 0 aromatic heterocycles. The minimum Gasteiger partial charge on any atom is -0.353 e. The standard InChI is InChI=1S/C14H24N2O3S/c1-20(18,19)16-6-4-11(5-7-16)14(17)15-13-9-10-2-3-12(13)8-10/h10-13H,2-9H2,1H3,(H,15,17)/t10-,12-,13+/m0/s1. The molecule has 0 spiro atoms. The van der Waals surface area contributed by atoms with Gasteiger partial charge in [-0.15, -0.1) is 0 Å². The summed E-state index contributed by atoms with van der Waals surface area (Å²) in [5, 5.41) is 3.23. The molecule has 2 saturated carbocycles. The number of hydrogen-bond acceptors (Lipinski definition) is 3. The highest BCUT2D eigenvalue weighted by molar-refractivity contribution is 7.88. The number of nitrogens with one attached hydrogen (secondary N) is 1. The average molecular weight is 300 g/mol. The molecular formula is C14H24N2O3S. The normalized spacial score (nSPS) is 35.4. The quantitative estimate of drug-likeness (QED) is 0.844. The maximum absolute atomic E-state index is 12.3. The van der Waals surface area contributed by atoms with Crippen molar-refractivity contribution < 1.29 is 13.2 Å². The van der Waals surface area contributed by atoms with Gasteiger partial charge in [0.1, 0.15) is 0 Å². The van der Waals surface area contributed by atoms with Crippen LogP contribution < -0.4 is 5.32 Å². The number of piperidine rings is 1. The molecule has 1 aliphatic heterocycles. The van der Waals surface area contributed by atoms with E-state index in [0.29, 0.717) is 37.9 Å². The molecule has 1 saturated heterocycles. The van der Waals surface area contributed by atoms with Crippen LogP contribution in [0.1, 0.15) is 38.5 Å². The van der Waals surface area contributed by atoms with E-state index in [9.17, 15) is 13.2 Å². The van der Waals surface area contributed by atoms with E-state index in [1.807, 2.05) is 0 Å². The lowest BCUT2D eigenvalue weighted by Gasteiger charge is -2.31. The topological polar surface area (TPSA) is 66.5 Å². The van der Waals surface area contributed by atoms with Crippen LogP contribution in [0.25, 0.3) is 0 Å². The van der Waals surface area contributed by atoms with Crippen molar-refractivity contribution in [3.63, 3.8) is 0 Å². The Kier molecular flexibility index (Phi) is 3.79. The average Bonchev–Trinajstić information content (AvgIpc) is 3.00. The first-order chi connectivity index (χ1) is 9.43. The summed E-state index contributed by atoms with van der Waals surface area (Å²) in [4.78, 5) is 12.3. The SMILES string of the molecule is CS(=O)(=O)N1CCC(C(=O)N[C@@H]2C[C@H]3CC[C@H]2C3)CC1. The third-order valence-electron chi connectivity index (χ3n) is 5.36. The summed E-state index contributed by atoms with van der Waals surface area (Å²) in [5.74, 6) is 1.67. The van der Waals surface area contributed by atoms with Crippen molar-refractivity contribution in [3.05, 3.63) is 0 Å². The fourth-order valence-corrected chi connectivity index (χ4v) is 5.05. The van der Waals surface area contributed by atoms with Gasteiger partial charge < -0.3 is 5.32 Å². The molecule has 114 valence electrons. The zero-order valence-electron chi connectivity index (χ0n) is 12.0. The third kappa shape index (κ3) is 2.86. The van der Waals surface area contributed by atoms with Gasteiger partial charge in [-0.25, -0.2) is 12.7 Å². The molecule has 6 heteroatoms. The molecule has 0 aromatic rings. The summed E-state index contributed by atoms with van der Waals surface area (Å²) >= 11 is 0. The Hall–Kier alpha value is -0.620. The molecule has 1 heterocycles. The van der Waals surface area contributed by atoms with Crippen LogP contribution in [0.2, 0.25) is 0 Å². The molecule has 20 heavy (non-hydrogen) atoms. The van der Waals surface area contributed by atoms with Crippen molar-refractivity contribution in [3.8, 4) is 0 Å². The van der Waals surface area contributed by atoms with E-state index < -0.39 is 10.0 Å². The number of amides is 1. The van der Waals surface area contributed by atoms with Gasteiger partial charge in [0, 0.05) is 25.0 Å². The number of nitrogens with zero attached hydrogens (tertiary/aromatic N) is 1. The van der Waals surface area contributed by atoms with Crippen LogP contribution >= 0.6 is 0 Å². The second-order valence-electron chi connectivity index (χ2n) is 6.73. The van der Waals surface area contributed by atoms with Gasteiger partial charge in [0.25, 0.3) is 0 Å². The summed E-state index contributed by atoms with van der Waals surface area (Å²) in [6, 6.07) is 0.384. The fourth-order valence-electron chi connectivity index (χ4n) is 4.17. The van der Waals surface area contributed by atoms with Crippen LogP contribution in [0.4, 0.5) is 0 Å². The molecule has 3 rings (SSSR count). The maximum atomic E-state index is 12.3. The first-order valence-corrected chi connectivity index (χ1v) is 9.54. The highest BCUT2D eigenvalue weighted by Crippen LogP contribution is 2.44. The van der Waals surface area contributed by atoms with E-state index in [2.05, 4.69) is 5.32 Å².